The predicted octanol–water partition coefficient (Wildman–Crippen LogP) is 3.83. The molecule has 1 aliphatic rings. The van der Waals surface area contributed by atoms with Crippen LogP contribution >= 0.6 is 0 Å². The molecule has 4 aromatic rings. The van der Waals surface area contributed by atoms with Gasteiger partial charge in [0, 0.05) is 18.8 Å². The molecule has 2 aromatic carbocycles. The third-order valence-corrected chi connectivity index (χ3v) is 5.69. The predicted molar refractivity (Wildman–Crippen MR) is 126 cm³/mol. The first-order chi connectivity index (χ1) is 17.0. The van der Waals surface area contributed by atoms with Crippen LogP contribution in [-0.4, -0.2) is 45.7 Å². The van der Waals surface area contributed by atoms with Crippen molar-refractivity contribution in [3.63, 3.8) is 0 Å². The highest BCUT2D eigenvalue weighted by Gasteiger charge is 2.27. The molecular formula is C25H23F2N5O3. The molecule has 1 aliphatic heterocycles. The second kappa shape index (κ2) is 9.67. The van der Waals surface area contributed by atoms with Gasteiger partial charge in [0.1, 0.15) is 17.4 Å². The molecule has 8 nitrogen and oxygen atoms in total. The van der Waals surface area contributed by atoms with Gasteiger partial charge in [-0.3, -0.25) is 14.5 Å². The lowest BCUT2D eigenvalue weighted by Gasteiger charge is -2.30. The fourth-order valence-corrected chi connectivity index (χ4v) is 4.15. The van der Waals surface area contributed by atoms with E-state index in [1.54, 1.807) is 29.1 Å². The van der Waals surface area contributed by atoms with Gasteiger partial charge < -0.3 is 9.47 Å². The standard InChI is InChI=1S/C25H23F2N5O3/c1-2-31-23(21-10-11-28-25(29-21)35-20-5-3-4-19(27)16-20)22(17-6-8-18(26)9-7-17)24(33)32(31)30-12-14-34-15-13-30/h3-11,16H,2,12-15H2,1H3. The largest absolute Gasteiger partial charge is 0.424 e. The van der Waals surface area contributed by atoms with Crippen LogP contribution in [0.2, 0.25) is 0 Å². The van der Waals surface area contributed by atoms with Crippen LogP contribution in [0, 0.1) is 11.6 Å². The number of ether oxygens (including phenoxy) is 2. The first kappa shape index (κ1) is 22.7. The number of morpholine rings is 1. The first-order valence-corrected chi connectivity index (χ1v) is 11.3. The zero-order valence-corrected chi connectivity index (χ0v) is 19.0. The number of rotatable bonds is 6. The van der Waals surface area contributed by atoms with Crippen LogP contribution in [0.15, 0.2) is 65.6 Å². The quantitative estimate of drug-likeness (QED) is 0.419. The van der Waals surface area contributed by atoms with Crippen LogP contribution in [0.1, 0.15) is 6.92 Å². The summed E-state index contributed by atoms with van der Waals surface area (Å²) < 4.78 is 40.3. The van der Waals surface area contributed by atoms with Crippen LogP contribution in [0.5, 0.6) is 11.8 Å². The van der Waals surface area contributed by atoms with Gasteiger partial charge in [-0.1, -0.05) is 18.2 Å². The van der Waals surface area contributed by atoms with Crippen LogP contribution < -0.4 is 15.3 Å². The highest BCUT2D eigenvalue weighted by molar-refractivity contribution is 5.79. The van der Waals surface area contributed by atoms with Crippen molar-refractivity contribution in [2.24, 2.45) is 0 Å². The van der Waals surface area contributed by atoms with Crippen molar-refractivity contribution in [2.45, 2.75) is 13.5 Å². The molecule has 1 saturated heterocycles. The Morgan fingerprint density at radius 3 is 2.51 bits per heavy atom. The Labute approximate surface area is 199 Å². The summed E-state index contributed by atoms with van der Waals surface area (Å²) in [5, 5.41) is 1.93. The zero-order chi connectivity index (χ0) is 24.4. The molecule has 5 rings (SSSR count). The van der Waals surface area contributed by atoms with Crippen molar-refractivity contribution >= 4 is 0 Å². The van der Waals surface area contributed by atoms with Gasteiger partial charge in [-0.2, -0.15) is 9.77 Å². The summed E-state index contributed by atoms with van der Waals surface area (Å²) >= 11 is 0. The molecule has 0 atom stereocenters. The molecule has 3 heterocycles. The third kappa shape index (κ3) is 4.52. The molecule has 2 aromatic heterocycles. The summed E-state index contributed by atoms with van der Waals surface area (Å²) in [5.41, 5.74) is 1.68. The van der Waals surface area contributed by atoms with Crippen molar-refractivity contribution in [1.29, 1.82) is 0 Å². The summed E-state index contributed by atoms with van der Waals surface area (Å²) in [6.45, 7) is 4.49. The van der Waals surface area contributed by atoms with Gasteiger partial charge >= 0.3 is 6.01 Å². The molecule has 0 aliphatic carbocycles. The van der Waals surface area contributed by atoms with E-state index in [2.05, 4.69) is 9.97 Å². The van der Waals surface area contributed by atoms with Gasteiger partial charge in [-0.05, 0) is 42.8 Å². The lowest BCUT2D eigenvalue weighted by molar-refractivity contribution is 0.105. The minimum atomic E-state index is -0.445. The van der Waals surface area contributed by atoms with Crippen LogP contribution in [0.4, 0.5) is 8.78 Å². The van der Waals surface area contributed by atoms with Crippen molar-refractivity contribution < 1.29 is 18.3 Å². The number of benzene rings is 2. The van der Waals surface area contributed by atoms with Crippen LogP contribution in [0.3, 0.4) is 0 Å². The number of hydrogen-bond donors (Lipinski definition) is 0. The molecular weight excluding hydrogens is 456 g/mol. The average molecular weight is 479 g/mol. The third-order valence-electron chi connectivity index (χ3n) is 5.69. The second-order valence-electron chi connectivity index (χ2n) is 7.89. The minimum absolute atomic E-state index is 0.00683. The van der Waals surface area contributed by atoms with Gasteiger partial charge in [-0.25, -0.2) is 13.8 Å². The molecule has 0 bridgehead atoms. The molecule has 180 valence electrons. The van der Waals surface area contributed by atoms with E-state index in [1.165, 1.54) is 36.5 Å². The maximum absolute atomic E-state index is 13.8. The topological polar surface area (TPSA) is 74.4 Å². The summed E-state index contributed by atoms with van der Waals surface area (Å²) in [4.78, 5) is 24.1. The zero-order valence-electron chi connectivity index (χ0n) is 19.0. The Balaban J connectivity index is 1.67. The summed E-state index contributed by atoms with van der Waals surface area (Å²) in [5.74, 6) is -0.592. The Morgan fingerprint density at radius 1 is 1.03 bits per heavy atom. The lowest BCUT2D eigenvalue weighted by Crippen LogP contribution is -2.50. The number of hydrogen-bond acceptors (Lipinski definition) is 6. The minimum Gasteiger partial charge on any atom is -0.424 e. The first-order valence-electron chi connectivity index (χ1n) is 11.3. The maximum Gasteiger partial charge on any atom is 0.322 e. The second-order valence-corrected chi connectivity index (χ2v) is 7.89. The van der Waals surface area contributed by atoms with Crippen molar-refractivity contribution in [3.8, 4) is 34.3 Å². The Morgan fingerprint density at radius 2 is 1.80 bits per heavy atom. The van der Waals surface area contributed by atoms with Gasteiger partial charge in [0.15, 0.2) is 0 Å². The van der Waals surface area contributed by atoms with E-state index in [1.807, 2.05) is 16.6 Å². The molecule has 0 N–H and O–H groups in total. The molecule has 0 spiro atoms. The highest BCUT2D eigenvalue weighted by Crippen LogP contribution is 2.31. The Hall–Kier alpha value is -4.05. The van der Waals surface area contributed by atoms with E-state index in [9.17, 15) is 13.6 Å². The summed E-state index contributed by atoms with van der Waals surface area (Å²) in [7, 11) is 0. The Bertz CT molecular complexity index is 1400. The molecule has 1 fully saturated rings. The normalized spacial score (nSPS) is 13.7. The molecule has 10 heteroatoms. The van der Waals surface area contributed by atoms with Crippen LogP contribution in [0.25, 0.3) is 22.5 Å². The smallest absolute Gasteiger partial charge is 0.322 e. The van der Waals surface area contributed by atoms with Crippen LogP contribution in [-0.2, 0) is 11.3 Å². The fourth-order valence-electron chi connectivity index (χ4n) is 4.15. The maximum atomic E-state index is 13.8. The summed E-state index contributed by atoms with van der Waals surface area (Å²) in [6.07, 6.45) is 1.52. The Kier molecular flexibility index (Phi) is 6.28. The molecule has 0 saturated carbocycles. The molecule has 0 unspecified atom stereocenters. The van der Waals surface area contributed by atoms with E-state index in [4.69, 9.17) is 9.47 Å². The molecule has 0 radical (unpaired) electrons. The van der Waals surface area contributed by atoms with E-state index in [-0.39, 0.29) is 17.3 Å². The van der Waals surface area contributed by atoms with E-state index in [0.29, 0.717) is 55.4 Å². The highest BCUT2D eigenvalue weighted by atomic mass is 19.1. The average Bonchev–Trinajstić information content (AvgIpc) is 3.17. The van der Waals surface area contributed by atoms with Crippen molar-refractivity contribution in [3.05, 3.63) is 82.8 Å². The number of aromatic nitrogens is 4. The van der Waals surface area contributed by atoms with Gasteiger partial charge in [0.2, 0.25) is 0 Å². The van der Waals surface area contributed by atoms with Crippen molar-refractivity contribution in [2.75, 3.05) is 31.3 Å². The molecule has 35 heavy (non-hydrogen) atoms. The van der Waals surface area contributed by atoms with Gasteiger partial charge in [0.25, 0.3) is 5.56 Å². The summed E-state index contributed by atoms with van der Waals surface area (Å²) in [6, 6.07) is 13.1. The lowest BCUT2D eigenvalue weighted by atomic mass is 10.0. The fraction of sp³-hybridized carbons (Fsp3) is 0.240. The van der Waals surface area contributed by atoms with Gasteiger partial charge in [-0.15, -0.1) is 0 Å². The van der Waals surface area contributed by atoms with E-state index in [0.717, 1.165) is 0 Å². The SMILES string of the molecule is CCn1c(-c2ccnc(Oc3cccc(F)c3)n2)c(-c2ccc(F)cc2)c(=O)n1N1CCOCC1. The van der Waals surface area contributed by atoms with Gasteiger partial charge in [0.05, 0.1) is 43.3 Å². The van der Waals surface area contributed by atoms with E-state index >= 15 is 0 Å². The number of halogens is 2. The van der Waals surface area contributed by atoms with Crippen molar-refractivity contribution in [1.82, 2.24) is 19.4 Å². The number of nitrogens with zero attached hydrogens (tertiary/aromatic N) is 5. The molecule has 0 amide bonds. The monoisotopic (exact) mass is 479 g/mol. The van der Waals surface area contributed by atoms with E-state index < -0.39 is 11.6 Å².